The van der Waals surface area contributed by atoms with Gasteiger partial charge in [0.1, 0.15) is 0 Å². The fourth-order valence-electron chi connectivity index (χ4n) is 4.88. The van der Waals surface area contributed by atoms with E-state index in [0.29, 0.717) is 23.4 Å². The summed E-state index contributed by atoms with van der Waals surface area (Å²) in [6, 6.07) is 23.3. The van der Waals surface area contributed by atoms with E-state index in [1.807, 2.05) is 66.7 Å². The highest BCUT2D eigenvalue weighted by Gasteiger charge is 2.33. The first kappa shape index (κ1) is 24.5. The number of piperidine rings is 1. The molecule has 0 saturated carbocycles. The van der Waals surface area contributed by atoms with Crippen molar-refractivity contribution in [3.05, 3.63) is 106 Å². The number of likely N-dealkylation sites (tertiary alicyclic amines) is 1. The first-order valence-corrected chi connectivity index (χ1v) is 11.8. The lowest BCUT2D eigenvalue weighted by Gasteiger charge is -2.38. The lowest BCUT2D eigenvalue weighted by atomic mass is 9.84. The molecule has 5 rings (SSSR count). The molecule has 0 radical (unpaired) electrons. The van der Waals surface area contributed by atoms with Crippen LogP contribution in [-0.2, 0) is 5.60 Å². The quantitative estimate of drug-likeness (QED) is 0.458. The molecule has 0 aromatic heterocycles. The second-order valence-corrected chi connectivity index (χ2v) is 9.27. The van der Waals surface area contributed by atoms with Gasteiger partial charge in [0.25, 0.3) is 5.91 Å². The smallest absolute Gasteiger partial charge is 0.256 e. The Hall–Kier alpha value is -2.63. The Labute approximate surface area is 211 Å². The molecule has 2 aliphatic heterocycles. The maximum absolute atomic E-state index is 12.8. The van der Waals surface area contributed by atoms with Crippen LogP contribution >= 0.6 is 24.0 Å². The van der Waals surface area contributed by atoms with Crippen LogP contribution in [0.3, 0.4) is 0 Å². The summed E-state index contributed by atoms with van der Waals surface area (Å²) < 4.78 is 0. The third-order valence-corrected chi connectivity index (χ3v) is 7.04. The molecule has 3 aromatic rings. The molecule has 0 bridgehead atoms. The molecule has 6 heteroatoms. The van der Waals surface area contributed by atoms with Crippen LogP contribution in [0.2, 0.25) is 5.02 Å². The fraction of sp³-hybridized carbons (Fsp3) is 0.250. The summed E-state index contributed by atoms with van der Waals surface area (Å²) in [5.74, 6) is -0.0704. The van der Waals surface area contributed by atoms with E-state index in [4.69, 9.17) is 11.6 Å². The monoisotopic (exact) mass is 494 g/mol. The standard InChI is InChI=1S/C28H27ClN2O2.ClH/c29-21-13-11-20(12-14-21)28(33)15-18-31(19-16-28)17-5-9-22-23-6-1-2-8-25(23)27(32)30-26-10-4-3-7-24(22)26;/h1-4,6-14,33H,5,15-19H2,(H,30,32);1H. The summed E-state index contributed by atoms with van der Waals surface area (Å²) in [4.78, 5) is 15.2. The SMILES string of the molecule is Cl.O=C1Nc2ccccc2C(=CCCN2CCC(O)(c3ccc(Cl)cc3)CC2)c2ccccc21. The molecule has 0 aliphatic carbocycles. The van der Waals surface area contributed by atoms with Gasteiger partial charge in [-0.2, -0.15) is 0 Å². The van der Waals surface area contributed by atoms with Crippen molar-refractivity contribution < 1.29 is 9.90 Å². The minimum Gasteiger partial charge on any atom is -0.385 e. The molecular formula is C28H28Cl2N2O2. The number of aliphatic hydroxyl groups is 1. The summed E-state index contributed by atoms with van der Waals surface area (Å²) in [5, 5.41) is 14.9. The maximum atomic E-state index is 12.8. The zero-order valence-electron chi connectivity index (χ0n) is 18.8. The third-order valence-electron chi connectivity index (χ3n) is 6.79. The van der Waals surface area contributed by atoms with Crippen molar-refractivity contribution in [1.82, 2.24) is 4.90 Å². The third kappa shape index (κ3) is 4.91. The zero-order valence-corrected chi connectivity index (χ0v) is 20.4. The van der Waals surface area contributed by atoms with Gasteiger partial charge in [-0.25, -0.2) is 0 Å². The largest absolute Gasteiger partial charge is 0.385 e. The van der Waals surface area contributed by atoms with Gasteiger partial charge in [-0.1, -0.05) is 66.2 Å². The van der Waals surface area contributed by atoms with Gasteiger partial charge in [-0.15, -0.1) is 12.4 Å². The van der Waals surface area contributed by atoms with Gasteiger partial charge < -0.3 is 15.3 Å². The number of nitrogens with zero attached hydrogens (tertiary/aromatic N) is 1. The Morgan fingerprint density at radius 2 is 1.53 bits per heavy atom. The topological polar surface area (TPSA) is 52.6 Å². The number of anilines is 1. The summed E-state index contributed by atoms with van der Waals surface area (Å²) in [7, 11) is 0. The summed E-state index contributed by atoms with van der Waals surface area (Å²) in [6.45, 7) is 2.59. The minimum absolute atomic E-state index is 0. The van der Waals surface area contributed by atoms with Crippen molar-refractivity contribution in [3.8, 4) is 0 Å². The van der Waals surface area contributed by atoms with Gasteiger partial charge in [0.15, 0.2) is 0 Å². The van der Waals surface area contributed by atoms with E-state index in [0.717, 1.165) is 54.0 Å². The number of carbonyl (C=O) groups excluding carboxylic acids is 1. The zero-order chi connectivity index (χ0) is 22.8. The molecule has 2 aliphatic rings. The van der Waals surface area contributed by atoms with Crippen molar-refractivity contribution in [2.75, 3.05) is 25.0 Å². The molecule has 34 heavy (non-hydrogen) atoms. The fourth-order valence-corrected chi connectivity index (χ4v) is 5.01. The number of hydrogen-bond acceptors (Lipinski definition) is 3. The van der Waals surface area contributed by atoms with Crippen LogP contribution in [0, 0.1) is 0 Å². The van der Waals surface area contributed by atoms with E-state index in [2.05, 4.69) is 22.4 Å². The van der Waals surface area contributed by atoms with Crippen molar-refractivity contribution >= 4 is 41.2 Å². The molecule has 1 saturated heterocycles. The van der Waals surface area contributed by atoms with Crippen LogP contribution in [-0.4, -0.2) is 35.5 Å². The Morgan fingerprint density at radius 1 is 0.912 bits per heavy atom. The van der Waals surface area contributed by atoms with Gasteiger partial charge in [-0.3, -0.25) is 4.79 Å². The van der Waals surface area contributed by atoms with Gasteiger partial charge >= 0.3 is 0 Å². The number of para-hydroxylation sites is 1. The number of rotatable bonds is 4. The molecule has 1 amide bonds. The Kier molecular flexibility index (Phi) is 7.44. The number of hydrogen-bond donors (Lipinski definition) is 2. The number of amides is 1. The second-order valence-electron chi connectivity index (χ2n) is 8.83. The molecule has 3 aromatic carbocycles. The first-order chi connectivity index (χ1) is 16.0. The highest BCUT2D eigenvalue weighted by atomic mass is 35.5. The molecule has 0 atom stereocenters. The van der Waals surface area contributed by atoms with Gasteiger partial charge in [0.05, 0.1) is 5.60 Å². The number of halogens is 2. The molecular weight excluding hydrogens is 467 g/mol. The highest BCUT2D eigenvalue weighted by molar-refractivity contribution is 6.30. The van der Waals surface area contributed by atoms with Crippen LogP contribution in [0.1, 0.15) is 46.3 Å². The minimum atomic E-state index is -0.787. The van der Waals surface area contributed by atoms with Crippen molar-refractivity contribution in [2.45, 2.75) is 24.9 Å². The van der Waals surface area contributed by atoms with E-state index in [1.54, 1.807) is 0 Å². The number of fused-ring (bicyclic) bond motifs is 2. The van der Waals surface area contributed by atoms with E-state index in [1.165, 1.54) is 0 Å². The normalized spacial score (nSPS) is 18.3. The number of benzene rings is 3. The van der Waals surface area contributed by atoms with E-state index < -0.39 is 5.60 Å². The van der Waals surface area contributed by atoms with Gasteiger partial charge in [0, 0.05) is 41.5 Å². The number of nitrogens with one attached hydrogen (secondary N) is 1. The van der Waals surface area contributed by atoms with Crippen LogP contribution < -0.4 is 5.32 Å². The number of carbonyl (C=O) groups is 1. The van der Waals surface area contributed by atoms with Crippen molar-refractivity contribution in [1.29, 1.82) is 0 Å². The van der Waals surface area contributed by atoms with E-state index in [-0.39, 0.29) is 18.3 Å². The average Bonchev–Trinajstić information content (AvgIpc) is 2.95. The Bertz CT molecular complexity index is 1200. The predicted molar refractivity (Wildman–Crippen MR) is 141 cm³/mol. The highest BCUT2D eigenvalue weighted by Crippen LogP contribution is 2.36. The molecule has 0 unspecified atom stereocenters. The van der Waals surface area contributed by atoms with Crippen LogP contribution in [0.5, 0.6) is 0 Å². The molecule has 2 N–H and O–H groups in total. The maximum Gasteiger partial charge on any atom is 0.256 e. The van der Waals surface area contributed by atoms with Crippen molar-refractivity contribution in [2.24, 2.45) is 0 Å². The molecule has 0 spiro atoms. The lowest BCUT2D eigenvalue weighted by Crippen LogP contribution is -2.42. The van der Waals surface area contributed by atoms with Crippen LogP contribution in [0.4, 0.5) is 5.69 Å². The Balaban J connectivity index is 0.00000274. The molecule has 4 nitrogen and oxygen atoms in total. The van der Waals surface area contributed by atoms with Crippen LogP contribution in [0.15, 0.2) is 78.9 Å². The molecule has 176 valence electrons. The van der Waals surface area contributed by atoms with E-state index in [9.17, 15) is 9.90 Å². The summed E-state index contributed by atoms with van der Waals surface area (Å²) in [5.41, 5.74) is 4.81. The van der Waals surface area contributed by atoms with Gasteiger partial charge in [0.2, 0.25) is 0 Å². The predicted octanol–water partition coefficient (Wildman–Crippen LogP) is 6.13. The van der Waals surface area contributed by atoms with Crippen LogP contribution in [0.25, 0.3) is 5.57 Å². The Morgan fingerprint density at radius 3 is 2.24 bits per heavy atom. The molecule has 1 fully saturated rings. The summed E-state index contributed by atoms with van der Waals surface area (Å²) >= 11 is 6.00. The second kappa shape index (κ2) is 10.3. The van der Waals surface area contributed by atoms with Crippen molar-refractivity contribution in [3.63, 3.8) is 0 Å². The van der Waals surface area contributed by atoms with E-state index >= 15 is 0 Å². The lowest BCUT2D eigenvalue weighted by molar-refractivity contribution is -0.0254. The average molecular weight is 495 g/mol. The molecule has 2 heterocycles. The first-order valence-electron chi connectivity index (χ1n) is 11.4. The summed E-state index contributed by atoms with van der Waals surface area (Å²) in [6.07, 6.45) is 4.52. The van der Waals surface area contributed by atoms with Gasteiger partial charge in [-0.05, 0) is 60.2 Å².